The van der Waals surface area contributed by atoms with E-state index in [2.05, 4.69) is 26.9 Å². The summed E-state index contributed by atoms with van der Waals surface area (Å²) in [6.45, 7) is 2.34. The fourth-order valence-corrected chi connectivity index (χ4v) is 3.37. The number of carbonyl (C=O) groups is 1. The summed E-state index contributed by atoms with van der Waals surface area (Å²) in [7, 11) is 0. The highest BCUT2D eigenvalue weighted by atomic mass is 79.9. The van der Waals surface area contributed by atoms with Gasteiger partial charge in [-0.2, -0.15) is 0 Å². The largest absolute Gasteiger partial charge is 0.492 e. The predicted molar refractivity (Wildman–Crippen MR) is 95.1 cm³/mol. The summed E-state index contributed by atoms with van der Waals surface area (Å²) in [4.78, 5) is 13.9. The van der Waals surface area contributed by atoms with E-state index in [0.29, 0.717) is 12.2 Å². The summed E-state index contributed by atoms with van der Waals surface area (Å²) in [6, 6.07) is 13.6. The van der Waals surface area contributed by atoms with Crippen LogP contribution in [-0.4, -0.2) is 25.6 Å². The Balaban J connectivity index is 1.69. The maximum Gasteiger partial charge on any atom is 0.249 e. The van der Waals surface area contributed by atoms with Crippen molar-refractivity contribution in [2.24, 2.45) is 5.73 Å². The first-order valence-electron chi connectivity index (χ1n) is 7.70. The molecule has 0 radical (unpaired) electrons. The van der Waals surface area contributed by atoms with Gasteiger partial charge in [0.1, 0.15) is 12.4 Å². The van der Waals surface area contributed by atoms with Crippen LogP contribution in [0.4, 0.5) is 5.69 Å². The lowest BCUT2D eigenvalue weighted by Crippen LogP contribution is -2.34. The van der Waals surface area contributed by atoms with E-state index in [0.717, 1.165) is 47.4 Å². The van der Waals surface area contributed by atoms with Crippen LogP contribution in [0.5, 0.6) is 5.75 Å². The highest BCUT2D eigenvalue weighted by molar-refractivity contribution is 9.10. The number of anilines is 1. The predicted octanol–water partition coefficient (Wildman–Crippen LogP) is 3.38. The second-order valence-corrected chi connectivity index (χ2v) is 6.48. The molecule has 1 amide bonds. The van der Waals surface area contributed by atoms with Gasteiger partial charge in [-0.3, -0.25) is 4.79 Å². The molecule has 23 heavy (non-hydrogen) atoms. The number of primary amides is 1. The topological polar surface area (TPSA) is 55.6 Å². The lowest BCUT2D eigenvalue weighted by atomic mass is 9.96. The number of nitrogens with zero attached hydrogens (tertiary/aromatic N) is 1. The van der Waals surface area contributed by atoms with Crippen molar-refractivity contribution in [1.29, 1.82) is 0 Å². The Morgan fingerprint density at radius 1 is 1.26 bits per heavy atom. The standard InChI is InChI=1S/C18H19BrN2O2/c19-13-4-1-5-14(12-13)23-11-10-21-9-3-7-15-16(18(20)22)6-2-8-17(15)21/h1-2,4-6,8,12H,3,7,9-11H2,(H2,20,22). The van der Waals surface area contributed by atoms with E-state index >= 15 is 0 Å². The first-order valence-corrected chi connectivity index (χ1v) is 8.49. The lowest BCUT2D eigenvalue weighted by Gasteiger charge is -2.32. The Morgan fingerprint density at radius 3 is 2.87 bits per heavy atom. The van der Waals surface area contributed by atoms with Crippen molar-refractivity contribution in [3.05, 3.63) is 58.1 Å². The van der Waals surface area contributed by atoms with Gasteiger partial charge >= 0.3 is 0 Å². The summed E-state index contributed by atoms with van der Waals surface area (Å²) in [5.41, 5.74) is 8.29. The molecular weight excluding hydrogens is 356 g/mol. The zero-order valence-corrected chi connectivity index (χ0v) is 14.4. The fraction of sp³-hybridized carbons (Fsp3) is 0.278. The number of hydrogen-bond acceptors (Lipinski definition) is 3. The maximum atomic E-state index is 11.6. The van der Waals surface area contributed by atoms with Crippen LogP contribution >= 0.6 is 15.9 Å². The van der Waals surface area contributed by atoms with Crippen LogP contribution < -0.4 is 15.4 Å². The number of amides is 1. The summed E-state index contributed by atoms with van der Waals surface area (Å²) in [6.07, 6.45) is 1.92. The molecular formula is C18H19BrN2O2. The van der Waals surface area contributed by atoms with Gasteiger partial charge in [-0.15, -0.1) is 0 Å². The number of nitrogens with two attached hydrogens (primary N) is 1. The summed E-state index contributed by atoms with van der Waals surface area (Å²) in [5, 5.41) is 0. The molecule has 4 nitrogen and oxygen atoms in total. The lowest BCUT2D eigenvalue weighted by molar-refractivity contribution is 0.0999. The van der Waals surface area contributed by atoms with E-state index in [1.165, 1.54) is 0 Å². The molecule has 0 spiro atoms. The first kappa shape index (κ1) is 15.9. The number of carbonyl (C=O) groups excluding carboxylic acids is 1. The minimum Gasteiger partial charge on any atom is -0.492 e. The zero-order valence-electron chi connectivity index (χ0n) is 12.8. The van der Waals surface area contributed by atoms with Gasteiger partial charge in [-0.05, 0) is 48.7 Å². The molecule has 0 aromatic heterocycles. The van der Waals surface area contributed by atoms with Crippen molar-refractivity contribution in [2.45, 2.75) is 12.8 Å². The van der Waals surface area contributed by atoms with Gasteiger partial charge in [0.2, 0.25) is 5.91 Å². The van der Waals surface area contributed by atoms with Gasteiger partial charge in [-0.1, -0.05) is 28.1 Å². The van der Waals surface area contributed by atoms with E-state index in [1.54, 1.807) is 0 Å². The van der Waals surface area contributed by atoms with Gasteiger partial charge in [0.25, 0.3) is 0 Å². The third kappa shape index (κ3) is 3.67. The molecule has 0 unspecified atom stereocenters. The molecule has 1 aliphatic heterocycles. The molecule has 2 aromatic rings. The molecule has 0 saturated carbocycles. The van der Waals surface area contributed by atoms with Crippen LogP contribution in [0.1, 0.15) is 22.3 Å². The Kier molecular flexibility index (Phi) is 4.86. The maximum absolute atomic E-state index is 11.6. The van der Waals surface area contributed by atoms with Crippen LogP contribution in [0, 0.1) is 0 Å². The normalized spacial score (nSPS) is 13.5. The Morgan fingerprint density at radius 2 is 2.09 bits per heavy atom. The molecule has 5 heteroatoms. The third-order valence-corrected chi connectivity index (χ3v) is 4.53. The number of halogens is 1. The second-order valence-electron chi connectivity index (χ2n) is 5.56. The Hall–Kier alpha value is -2.01. The smallest absolute Gasteiger partial charge is 0.249 e. The van der Waals surface area contributed by atoms with Crippen LogP contribution in [0.15, 0.2) is 46.9 Å². The van der Waals surface area contributed by atoms with E-state index in [1.807, 2.05) is 36.4 Å². The van der Waals surface area contributed by atoms with E-state index in [9.17, 15) is 4.79 Å². The van der Waals surface area contributed by atoms with E-state index < -0.39 is 0 Å². The van der Waals surface area contributed by atoms with Crippen molar-refractivity contribution >= 4 is 27.5 Å². The molecule has 2 aromatic carbocycles. The third-order valence-electron chi connectivity index (χ3n) is 4.04. The first-order chi connectivity index (χ1) is 11.1. The van der Waals surface area contributed by atoms with Crippen molar-refractivity contribution < 1.29 is 9.53 Å². The minimum atomic E-state index is -0.353. The zero-order chi connectivity index (χ0) is 16.2. The van der Waals surface area contributed by atoms with E-state index in [-0.39, 0.29) is 5.91 Å². The molecule has 0 aliphatic carbocycles. The van der Waals surface area contributed by atoms with Gasteiger partial charge < -0.3 is 15.4 Å². The molecule has 0 fully saturated rings. The second kappa shape index (κ2) is 7.04. The molecule has 0 bridgehead atoms. The molecule has 2 N–H and O–H groups in total. The minimum absolute atomic E-state index is 0.353. The Bertz CT molecular complexity index is 718. The number of rotatable bonds is 5. The number of ether oxygens (including phenoxy) is 1. The van der Waals surface area contributed by atoms with Gasteiger partial charge in [0, 0.05) is 22.3 Å². The summed E-state index contributed by atoms with van der Waals surface area (Å²) in [5.74, 6) is 0.497. The van der Waals surface area contributed by atoms with Crippen molar-refractivity contribution in [3.8, 4) is 5.75 Å². The van der Waals surface area contributed by atoms with E-state index in [4.69, 9.17) is 10.5 Å². The van der Waals surface area contributed by atoms with Crippen LogP contribution in [0.25, 0.3) is 0 Å². The highest BCUT2D eigenvalue weighted by Gasteiger charge is 2.20. The molecule has 120 valence electrons. The summed E-state index contributed by atoms with van der Waals surface area (Å²) < 4.78 is 6.82. The molecule has 3 rings (SSSR count). The van der Waals surface area contributed by atoms with Gasteiger partial charge in [0.15, 0.2) is 0 Å². The molecule has 0 saturated heterocycles. The van der Waals surface area contributed by atoms with Crippen LogP contribution in [0.3, 0.4) is 0 Å². The van der Waals surface area contributed by atoms with Gasteiger partial charge in [-0.25, -0.2) is 0 Å². The van der Waals surface area contributed by atoms with Crippen LogP contribution in [-0.2, 0) is 6.42 Å². The van der Waals surface area contributed by atoms with Gasteiger partial charge in [0.05, 0.1) is 6.54 Å². The van der Waals surface area contributed by atoms with Crippen molar-refractivity contribution in [3.63, 3.8) is 0 Å². The number of fused-ring (bicyclic) bond motifs is 1. The monoisotopic (exact) mass is 374 g/mol. The summed E-state index contributed by atoms with van der Waals surface area (Å²) >= 11 is 3.44. The van der Waals surface area contributed by atoms with Crippen molar-refractivity contribution in [1.82, 2.24) is 0 Å². The number of hydrogen-bond donors (Lipinski definition) is 1. The average Bonchev–Trinajstić information content (AvgIpc) is 2.54. The average molecular weight is 375 g/mol. The fourth-order valence-electron chi connectivity index (χ4n) is 2.99. The van der Waals surface area contributed by atoms with Crippen molar-refractivity contribution in [2.75, 3.05) is 24.6 Å². The molecule has 0 atom stereocenters. The van der Waals surface area contributed by atoms with Crippen LogP contribution in [0.2, 0.25) is 0 Å². The number of benzene rings is 2. The molecule has 1 aliphatic rings. The molecule has 1 heterocycles. The highest BCUT2D eigenvalue weighted by Crippen LogP contribution is 2.29. The quantitative estimate of drug-likeness (QED) is 0.872. The SMILES string of the molecule is NC(=O)c1cccc2c1CCCN2CCOc1cccc(Br)c1. The Labute approximate surface area is 144 Å².